The van der Waals surface area contributed by atoms with E-state index in [-0.39, 0.29) is 0 Å². The van der Waals surface area contributed by atoms with Crippen LogP contribution in [0.15, 0.2) is 0 Å². The minimum absolute atomic E-state index is 0.615. The van der Waals surface area contributed by atoms with Gasteiger partial charge in [-0.1, -0.05) is 34.1 Å². The third kappa shape index (κ3) is 1.78. The van der Waals surface area contributed by atoms with Crippen molar-refractivity contribution in [3.05, 3.63) is 0 Å². The zero-order chi connectivity index (χ0) is 13.0. The maximum atomic E-state index is 2.58. The summed E-state index contributed by atoms with van der Waals surface area (Å²) in [5.41, 5.74) is 1.40. The monoisotopic (exact) mass is 248 g/mol. The molecule has 0 aromatic rings. The lowest BCUT2D eigenvalue weighted by atomic mass is 9.62. The second kappa shape index (κ2) is 4.25. The van der Waals surface area contributed by atoms with E-state index in [1.807, 2.05) is 0 Å². The van der Waals surface area contributed by atoms with Gasteiger partial charge < -0.3 is 0 Å². The van der Waals surface area contributed by atoms with Crippen molar-refractivity contribution in [1.29, 1.82) is 0 Å². The van der Waals surface area contributed by atoms with Crippen LogP contribution in [0.3, 0.4) is 0 Å². The average Bonchev–Trinajstić information content (AvgIpc) is 2.81. The number of hydrogen-bond donors (Lipinski definition) is 0. The van der Waals surface area contributed by atoms with Gasteiger partial charge in [0.15, 0.2) is 0 Å². The highest BCUT2D eigenvalue weighted by atomic mass is 14.6. The fourth-order valence-corrected chi connectivity index (χ4v) is 6.26. The summed E-state index contributed by atoms with van der Waals surface area (Å²) < 4.78 is 0. The van der Waals surface area contributed by atoms with Crippen LogP contribution in [0.4, 0.5) is 0 Å². The van der Waals surface area contributed by atoms with Crippen molar-refractivity contribution in [2.24, 2.45) is 34.5 Å². The van der Waals surface area contributed by atoms with Crippen molar-refractivity contribution in [2.45, 2.75) is 79.1 Å². The summed E-state index contributed by atoms with van der Waals surface area (Å²) in [7, 11) is 0. The number of rotatable bonds is 2. The molecule has 104 valence electrons. The lowest BCUT2D eigenvalue weighted by Gasteiger charge is -2.43. The first-order chi connectivity index (χ1) is 8.48. The fraction of sp³-hybridized carbons (Fsp3) is 1.00. The predicted molar refractivity (Wildman–Crippen MR) is 78.5 cm³/mol. The molecule has 3 aliphatic rings. The first kappa shape index (κ1) is 13.0. The molecule has 0 heteroatoms. The molecule has 3 bridgehead atoms. The minimum Gasteiger partial charge on any atom is -0.0654 e. The zero-order valence-corrected chi connectivity index (χ0v) is 13.0. The van der Waals surface area contributed by atoms with Crippen molar-refractivity contribution < 1.29 is 0 Å². The van der Waals surface area contributed by atoms with E-state index < -0.39 is 0 Å². The second-order valence-electron chi connectivity index (χ2n) is 8.58. The molecule has 3 aliphatic carbocycles. The van der Waals surface area contributed by atoms with Crippen LogP contribution in [0.5, 0.6) is 0 Å². The van der Waals surface area contributed by atoms with E-state index >= 15 is 0 Å². The van der Waals surface area contributed by atoms with Crippen LogP contribution in [0.25, 0.3) is 0 Å². The van der Waals surface area contributed by atoms with Crippen LogP contribution < -0.4 is 0 Å². The normalized spacial score (nSPS) is 50.0. The summed E-state index contributed by atoms with van der Waals surface area (Å²) >= 11 is 0. The molecular weight excluding hydrogens is 216 g/mol. The Morgan fingerprint density at radius 2 is 1.83 bits per heavy atom. The first-order valence-electron chi connectivity index (χ1n) is 8.48. The summed E-state index contributed by atoms with van der Waals surface area (Å²) in [6.07, 6.45) is 12.2. The van der Waals surface area contributed by atoms with Gasteiger partial charge in [0.1, 0.15) is 0 Å². The molecule has 0 aromatic carbocycles. The molecule has 0 N–H and O–H groups in total. The average molecular weight is 248 g/mol. The first-order valence-corrected chi connectivity index (χ1v) is 8.48. The summed E-state index contributed by atoms with van der Waals surface area (Å²) in [6.45, 7) is 10.1. The number of hydrogen-bond acceptors (Lipinski definition) is 0. The lowest BCUT2D eigenvalue weighted by Crippen LogP contribution is -2.35. The van der Waals surface area contributed by atoms with Gasteiger partial charge in [-0.15, -0.1) is 0 Å². The zero-order valence-electron chi connectivity index (χ0n) is 13.0. The van der Waals surface area contributed by atoms with Gasteiger partial charge in [0, 0.05) is 0 Å². The van der Waals surface area contributed by atoms with Crippen LogP contribution in [0.1, 0.15) is 79.1 Å². The smallest absolute Gasteiger partial charge is 0.0261 e. The number of fused-ring (bicyclic) bond motifs is 2. The van der Waals surface area contributed by atoms with Crippen molar-refractivity contribution in [1.82, 2.24) is 0 Å². The van der Waals surface area contributed by atoms with Crippen LogP contribution in [0, 0.1) is 34.5 Å². The van der Waals surface area contributed by atoms with Gasteiger partial charge in [-0.2, -0.15) is 0 Å². The van der Waals surface area contributed by atoms with Gasteiger partial charge in [-0.25, -0.2) is 0 Å². The molecule has 0 heterocycles. The summed E-state index contributed by atoms with van der Waals surface area (Å²) in [5.74, 6) is 4.16. The largest absolute Gasteiger partial charge is 0.0654 e. The second-order valence-corrected chi connectivity index (χ2v) is 8.58. The highest BCUT2D eigenvalue weighted by Crippen LogP contribution is 2.67. The van der Waals surface area contributed by atoms with Crippen LogP contribution >= 0.6 is 0 Å². The van der Waals surface area contributed by atoms with Crippen molar-refractivity contribution in [3.63, 3.8) is 0 Å². The highest BCUT2D eigenvalue weighted by Gasteiger charge is 2.57. The predicted octanol–water partition coefficient (Wildman–Crippen LogP) is 5.67. The Hall–Kier alpha value is 0. The molecule has 0 aromatic heterocycles. The van der Waals surface area contributed by atoms with Gasteiger partial charge in [0.2, 0.25) is 0 Å². The topological polar surface area (TPSA) is 0 Å². The summed E-state index contributed by atoms with van der Waals surface area (Å²) in [5, 5.41) is 0. The van der Waals surface area contributed by atoms with Gasteiger partial charge in [0.25, 0.3) is 0 Å². The SMILES string of the molecule is CCCC1C2CCC13CC(C)C(CCC2(C)C)C3. The van der Waals surface area contributed by atoms with Gasteiger partial charge in [0.05, 0.1) is 0 Å². The van der Waals surface area contributed by atoms with E-state index in [0.29, 0.717) is 5.41 Å². The Morgan fingerprint density at radius 3 is 2.56 bits per heavy atom. The van der Waals surface area contributed by atoms with E-state index in [1.54, 1.807) is 19.3 Å². The molecule has 18 heavy (non-hydrogen) atoms. The molecule has 3 rings (SSSR count). The molecule has 0 nitrogen and oxygen atoms in total. The van der Waals surface area contributed by atoms with E-state index in [1.165, 1.54) is 32.1 Å². The Kier molecular flexibility index (Phi) is 3.07. The third-order valence-electron chi connectivity index (χ3n) is 7.19. The van der Waals surface area contributed by atoms with Gasteiger partial charge in [-0.3, -0.25) is 0 Å². The molecule has 0 amide bonds. The van der Waals surface area contributed by atoms with Gasteiger partial charge in [-0.05, 0) is 79.4 Å². The Balaban J connectivity index is 1.96. The molecule has 0 radical (unpaired) electrons. The van der Waals surface area contributed by atoms with E-state index in [4.69, 9.17) is 0 Å². The molecule has 0 aliphatic heterocycles. The van der Waals surface area contributed by atoms with Crippen LogP contribution in [0.2, 0.25) is 0 Å². The molecule has 0 saturated heterocycles. The Bertz CT molecular complexity index is 316. The maximum absolute atomic E-state index is 2.58. The van der Waals surface area contributed by atoms with Crippen molar-refractivity contribution in [2.75, 3.05) is 0 Å². The van der Waals surface area contributed by atoms with Crippen molar-refractivity contribution >= 4 is 0 Å². The highest BCUT2D eigenvalue weighted by molar-refractivity contribution is 5.07. The van der Waals surface area contributed by atoms with Crippen molar-refractivity contribution in [3.8, 4) is 0 Å². The van der Waals surface area contributed by atoms with Crippen LogP contribution in [-0.4, -0.2) is 0 Å². The quantitative estimate of drug-likeness (QED) is 0.591. The molecule has 5 unspecified atom stereocenters. The Morgan fingerprint density at radius 1 is 1.06 bits per heavy atom. The molecule has 3 fully saturated rings. The molecule has 3 saturated carbocycles. The molecule has 5 atom stereocenters. The fourth-order valence-electron chi connectivity index (χ4n) is 6.26. The van der Waals surface area contributed by atoms with Gasteiger partial charge >= 0.3 is 0 Å². The molecular formula is C18H32. The molecule has 1 spiro atoms. The third-order valence-corrected chi connectivity index (χ3v) is 7.19. The maximum Gasteiger partial charge on any atom is -0.0261 e. The summed E-state index contributed by atoms with van der Waals surface area (Å²) in [6, 6.07) is 0. The van der Waals surface area contributed by atoms with E-state index in [0.717, 1.165) is 29.1 Å². The summed E-state index contributed by atoms with van der Waals surface area (Å²) in [4.78, 5) is 0. The van der Waals surface area contributed by atoms with E-state index in [2.05, 4.69) is 27.7 Å². The Labute approximate surface area is 114 Å². The van der Waals surface area contributed by atoms with E-state index in [9.17, 15) is 0 Å². The lowest BCUT2D eigenvalue weighted by molar-refractivity contribution is 0.0621. The standard InChI is InChI=1S/C18H32/c1-5-6-16-15-8-10-18(16)11-13(2)14(12-18)7-9-17(15,3)4/h13-16H,5-12H2,1-4H3. The minimum atomic E-state index is 0.615. The van der Waals surface area contributed by atoms with Crippen LogP contribution in [-0.2, 0) is 0 Å².